The number of amides is 1. The fourth-order valence-electron chi connectivity index (χ4n) is 2.47. The predicted molar refractivity (Wildman–Crippen MR) is 114 cm³/mol. The number of carbonyl (C=O) groups is 1. The summed E-state index contributed by atoms with van der Waals surface area (Å²) in [5.74, 6) is -0.527. The minimum atomic E-state index is -3.92. The van der Waals surface area contributed by atoms with E-state index in [1.165, 1.54) is 18.2 Å². The lowest BCUT2D eigenvalue weighted by Crippen LogP contribution is -2.30. The van der Waals surface area contributed by atoms with Crippen molar-refractivity contribution >= 4 is 44.8 Å². The molecule has 0 saturated carbocycles. The zero-order valence-electron chi connectivity index (χ0n) is 15.0. The molecule has 0 fully saturated rings. The summed E-state index contributed by atoms with van der Waals surface area (Å²) in [4.78, 5) is 12.2. The Balaban J connectivity index is 1.73. The molecule has 0 atom stereocenters. The minimum absolute atomic E-state index is 0.0184. The zero-order chi connectivity index (χ0) is 20.9. The highest BCUT2D eigenvalue weighted by molar-refractivity contribution is 7.89. The summed E-state index contributed by atoms with van der Waals surface area (Å²) in [6, 6.07) is 19.9. The molecule has 6 nitrogen and oxygen atoms in total. The van der Waals surface area contributed by atoms with Crippen LogP contribution in [-0.4, -0.2) is 14.3 Å². The molecule has 3 rings (SSSR count). The van der Waals surface area contributed by atoms with Gasteiger partial charge in [-0.05, 0) is 42.0 Å². The van der Waals surface area contributed by atoms with Gasteiger partial charge >= 0.3 is 0 Å². The molecule has 3 N–H and O–H groups in total. The van der Waals surface area contributed by atoms with Crippen molar-refractivity contribution in [2.75, 3.05) is 5.43 Å². The van der Waals surface area contributed by atoms with Crippen LogP contribution in [0, 0.1) is 0 Å². The molecule has 0 bridgehead atoms. The summed E-state index contributed by atoms with van der Waals surface area (Å²) in [5.41, 5.74) is 6.72. The summed E-state index contributed by atoms with van der Waals surface area (Å²) >= 11 is 12.0. The number of halogens is 2. The van der Waals surface area contributed by atoms with Gasteiger partial charge in [-0.25, -0.2) is 13.1 Å². The maximum absolute atomic E-state index is 12.7. The molecular weight excluding hydrogens is 433 g/mol. The zero-order valence-corrected chi connectivity index (χ0v) is 17.4. The van der Waals surface area contributed by atoms with E-state index in [9.17, 15) is 13.2 Å². The molecule has 1 amide bonds. The van der Waals surface area contributed by atoms with Crippen molar-refractivity contribution < 1.29 is 13.2 Å². The van der Waals surface area contributed by atoms with Crippen LogP contribution in [0.3, 0.4) is 0 Å². The van der Waals surface area contributed by atoms with Gasteiger partial charge in [-0.2, -0.15) is 0 Å². The van der Waals surface area contributed by atoms with E-state index in [0.29, 0.717) is 10.7 Å². The van der Waals surface area contributed by atoms with Gasteiger partial charge in [0.2, 0.25) is 10.0 Å². The van der Waals surface area contributed by atoms with Crippen LogP contribution in [0.25, 0.3) is 0 Å². The Hall–Kier alpha value is -2.58. The topological polar surface area (TPSA) is 87.3 Å². The molecule has 0 saturated heterocycles. The molecule has 0 aliphatic rings. The largest absolute Gasteiger partial charge is 0.298 e. The first-order chi connectivity index (χ1) is 13.8. The number of anilines is 1. The molecule has 3 aromatic carbocycles. The summed E-state index contributed by atoms with van der Waals surface area (Å²) in [5, 5.41) is 0.526. The number of hydrazine groups is 1. The summed E-state index contributed by atoms with van der Waals surface area (Å²) in [7, 11) is -3.92. The van der Waals surface area contributed by atoms with E-state index in [1.54, 1.807) is 36.4 Å². The van der Waals surface area contributed by atoms with Gasteiger partial charge in [-0.15, -0.1) is 0 Å². The van der Waals surface area contributed by atoms with E-state index in [2.05, 4.69) is 15.6 Å². The van der Waals surface area contributed by atoms with E-state index >= 15 is 0 Å². The van der Waals surface area contributed by atoms with Crippen molar-refractivity contribution in [3.8, 4) is 0 Å². The molecular formula is C20H17Cl2N3O3S. The Kier molecular flexibility index (Phi) is 6.76. The van der Waals surface area contributed by atoms with E-state index in [4.69, 9.17) is 23.2 Å². The first-order valence-corrected chi connectivity index (χ1v) is 10.7. The summed E-state index contributed by atoms with van der Waals surface area (Å²) in [6.07, 6.45) is 0. The van der Waals surface area contributed by atoms with E-state index in [1.807, 2.05) is 18.2 Å². The number of rotatable bonds is 7. The molecule has 0 aromatic heterocycles. The van der Waals surface area contributed by atoms with Gasteiger partial charge in [0.25, 0.3) is 5.91 Å². The van der Waals surface area contributed by atoms with E-state index in [-0.39, 0.29) is 22.0 Å². The quantitative estimate of drug-likeness (QED) is 0.471. The number of sulfonamides is 1. The van der Waals surface area contributed by atoms with Crippen molar-refractivity contribution in [1.29, 1.82) is 0 Å². The second-order valence-corrected chi connectivity index (χ2v) is 8.62. The van der Waals surface area contributed by atoms with Crippen LogP contribution in [0.15, 0.2) is 77.7 Å². The van der Waals surface area contributed by atoms with Crippen LogP contribution < -0.4 is 15.6 Å². The van der Waals surface area contributed by atoms with Crippen molar-refractivity contribution in [1.82, 2.24) is 10.1 Å². The lowest BCUT2D eigenvalue weighted by Gasteiger charge is -2.12. The highest BCUT2D eigenvalue weighted by Crippen LogP contribution is 2.23. The van der Waals surface area contributed by atoms with Crippen LogP contribution >= 0.6 is 23.2 Å². The second-order valence-electron chi connectivity index (χ2n) is 6.04. The number of nitrogens with one attached hydrogen (secondary N) is 3. The number of carbonyl (C=O) groups excluding carboxylic acids is 1. The first kappa shape index (κ1) is 21.1. The normalized spacial score (nSPS) is 11.1. The fourth-order valence-corrected chi connectivity index (χ4v) is 4.20. The van der Waals surface area contributed by atoms with Gasteiger partial charge < -0.3 is 0 Å². The molecule has 150 valence electrons. The molecule has 0 heterocycles. The summed E-state index contributed by atoms with van der Waals surface area (Å²) in [6.45, 7) is 0.103. The SMILES string of the molecule is O=C(NNc1cccc(Cl)c1)c1ccc(Cl)c(S(=O)(=O)NCc2ccccc2)c1. The number of hydrogen-bond acceptors (Lipinski definition) is 4. The standard InChI is InChI=1S/C20H17Cl2N3O3S/c21-16-7-4-8-17(12-16)24-25-20(26)15-9-10-18(22)19(11-15)29(27,28)23-13-14-5-2-1-3-6-14/h1-12,23-24H,13H2,(H,25,26). The molecule has 0 unspecified atom stereocenters. The Labute approximate surface area is 178 Å². The van der Waals surface area contributed by atoms with Crippen molar-refractivity contribution in [3.05, 3.63) is 94.0 Å². The van der Waals surface area contributed by atoms with E-state index in [0.717, 1.165) is 5.56 Å². The number of hydrogen-bond donors (Lipinski definition) is 3. The lowest BCUT2D eigenvalue weighted by molar-refractivity contribution is 0.0962. The Morgan fingerprint density at radius 3 is 2.38 bits per heavy atom. The maximum atomic E-state index is 12.7. The number of benzene rings is 3. The van der Waals surface area contributed by atoms with Crippen LogP contribution in [0.4, 0.5) is 5.69 Å². The lowest BCUT2D eigenvalue weighted by atomic mass is 10.2. The molecule has 0 aliphatic carbocycles. The van der Waals surface area contributed by atoms with Crippen LogP contribution in [0.5, 0.6) is 0 Å². The van der Waals surface area contributed by atoms with Gasteiger partial charge in [-0.3, -0.25) is 15.6 Å². The smallest absolute Gasteiger partial charge is 0.269 e. The minimum Gasteiger partial charge on any atom is -0.298 e. The van der Waals surface area contributed by atoms with Gasteiger partial charge in [0.05, 0.1) is 10.7 Å². The fraction of sp³-hybridized carbons (Fsp3) is 0.0500. The molecule has 0 spiro atoms. The maximum Gasteiger partial charge on any atom is 0.269 e. The van der Waals surface area contributed by atoms with Gasteiger partial charge in [0, 0.05) is 17.1 Å². The van der Waals surface area contributed by atoms with Crippen LogP contribution in [0.1, 0.15) is 15.9 Å². The van der Waals surface area contributed by atoms with Gasteiger partial charge in [-0.1, -0.05) is 59.6 Å². The molecule has 0 radical (unpaired) electrons. The molecule has 3 aromatic rings. The highest BCUT2D eigenvalue weighted by atomic mass is 35.5. The van der Waals surface area contributed by atoms with Crippen molar-refractivity contribution in [2.24, 2.45) is 0 Å². The average molecular weight is 450 g/mol. The third-order valence-corrected chi connectivity index (χ3v) is 6.05. The van der Waals surface area contributed by atoms with Crippen LogP contribution in [0.2, 0.25) is 10.0 Å². The highest BCUT2D eigenvalue weighted by Gasteiger charge is 2.20. The Morgan fingerprint density at radius 1 is 0.897 bits per heavy atom. The monoisotopic (exact) mass is 449 g/mol. The Bertz CT molecular complexity index is 1120. The third-order valence-electron chi connectivity index (χ3n) is 3.94. The molecule has 0 aliphatic heterocycles. The van der Waals surface area contributed by atoms with Gasteiger partial charge in [0.15, 0.2) is 0 Å². The van der Waals surface area contributed by atoms with Crippen LogP contribution in [-0.2, 0) is 16.6 Å². The predicted octanol–water partition coefficient (Wildman–Crippen LogP) is 4.23. The molecule has 29 heavy (non-hydrogen) atoms. The molecule has 9 heteroatoms. The first-order valence-electron chi connectivity index (χ1n) is 8.50. The second kappa shape index (κ2) is 9.28. The van der Waals surface area contributed by atoms with E-state index < -0.39 is 15.9 Å². The van der Waals surface area contributed by atoms with Crippen molar-refractivity contribution in [3.63, 3.8) is 0 Å². The average Bonchev–Trinajstić information content (AvgIpc) is 2.71. The summed E-state index contributed by atoms with van der Waals surface area (Å²) < 4.78 is 27.8. The van der Waals surface area contributed by atoms with Crippen molar-refractivity contribution in [2.45, 2.75) is 11.4 Å². The van der Waals surface area contributed by atoms with Gasteiger partial charge in [0.1, 0.15) is 4.90 Å². The third kappa shape index (κ3) is 5.71. The Morgan fingerprint density at radius 2 is 1.66 bits per heavy atom.